The molecule has 2 aromatic carbocycles. The van der Waals surface area contributed by atoms with E-state index in [0.29, 0.717) is 28.6 Å². The third kappa shape index (κ3) is 3.81. The molecule has 0 saturated carbocycles. The zero-order valence-corrected chi connectivity index (χ0v) is 14.4. The van der Waals surface area contributed by atoms with E-state index in [-0.39, 0.29) is 25.3 Å². The molecule has 7 nitrogen and oxygen atoms in total. The van der Waals surface area contributed by atoms with Crippen LogP contribution in [0.3, 0.4) is 0 Å². The minimum atomic E-state index is -0.276. The normalized spacial score (nSPS) is 12.8. The number of amides is 1. The lowest BCUT2D eigenvalue weighted by atomic mass is 10.1. The van der Waals surface area contributed by atoms with Crippen LogP contribution in [0.4, 0.5) is 0 Å². The first-order valence-corrected chi connectivity index (χ1v) is 8.00. The van der Waals surface area contributed by atoms with Gasteiger partial charge in [0.05, 0.1) is 24.8 Å². The molecule has 1 aliphatic heterocycles. The highest BCUT2D eigenvalue weighted by Gasteiger charge is 2.17. The van der Waals surface area contributed by atoms with Gasteiger partial charge in [0.1, 0.15) is 0 Å². The Morgan fingerprint density at radius 3 is 2.81 bits per heavy atom. The molecule has 1 N–H and O–H groups in total. The number of nitriles is 1. The van der Waals surface area contributed by atoms with Crippen LogP contribution in [-0.2, 0) is 4.79 Å². The van der Waals surface area contributed by atoms with Gasteiger partial charge in [-0.05, 0) is 36.8 Å². The van der Waals surface area contributed by atoms with Crippen molar-refractivity contribution in [3.63, 3.8) is 0 Å². The van der Waals surface area contributed by atoms with Crippen LogP contribution in [0.5, 0.6) is 23.0 Å². The average Bonchev–Trinajstić information content (AvgIpc) is 3.13. The number of carbonyl (C=O) groups excluding carboxylic acids is 1. The molecule has 0 aromatic heterocycles. The number of hydrogen-bond donors (Lipinski definition) is 1. The molecule has 7 heteroatoms. The fraction of sp³-hybridized carbons (Fsp3) is 0.263. The molecule has 1 aliphatic rings. The quantitative estimate of drug-likeness (QED) is 0.857. The van der Waals surface area contributed by atoms with Crippen LogP contribution >= 0.6 is 0 Å². The number of nitrogens with zero attached hydrogens (tertiary/aromatic N) is 1. The van der Waals surface area contributed by atoms with Gasteiger partial charge in [0.15, 0.2) is 29.6 Å². The van der Waals surface area contributed by atoms with E-state index >= 15 is 0 Å². The van der Waals surface area contributed by atoms with Crippen molar-refractivity contribution < 1.29 is 23.7 Å². The van der Waals surface area contributed by atoms with E-state index in [1.807, 2.05) is 31.2 Å². The molecule has 0 fully saturated rings. The summed E-state index contributed by atoms with van der Waals surface area (Å²) in [6.45, 7) is 1.91. The Morgan fingerprint density at radius 2 is 2.04 bits per heavy atom. The van der Waals surface area contributed by atoms with Gasteiger partial charge >= 0.3 is 0 Å². The van der Waals surface area contributed by atoms with Gasteiger partial charge in [-0.1, -0.05) is 6.07 Å². The molecule has 0 aliphatic carbocycles. The number of hydrogen-bond acceptors (Lipinski definition) is 6. The van der Waals surface area contributed by atoms with Crippen molar-refractivity contribution in [2.75, 3.05) is 20.5 Å². The lowest BCUT2D eigenvalue weighted by molar-refractivity contribution is -0.123. The first kappa shape index (κ1) is 17.4. The third-order valence-corrected chi connectivity index (χ3v) is 3.93. The summed E-state index contributed by atoms with van der Waals surface area (Å²) in [5.74, 6) is 1.89. The number of benzene rings is 2. The summed E-state index contributed by atoms with van der Waals surface area (Å²) in [5.41, 5.74) is 1.36. The predicted octanol–water partition coefficient (Wildman–Crippen LogP) is 2.55. The van der Waals surface area contributed by atoms with Gasteiger partial charge in [0, 0.05) is 6.07 Å². The SMILES string of the molecule is COc1cc(C#N)ccc1OCC(=O)N[C@H](C)c1ccc2c(c1)OCO2. The van der Waals surface area contributed by atoms with E-state index < -0.39 is 0 Å². The first-order chi connectivity index (χ1) is 12.6. The largest absolute Gasteiger partial charge is 0.493 e. The lowest BCUT2D eigenvalue weighted by Crippen LogP contribution is -2.31. The Labute approximate surface area is 151 Å². The van der Waals surface area contributed by atoms with E-state index in [4.69, 9.17) is 24.2 Å². The number of fused-ring (bicyclic) bond motifs is 1. The number of methoxy groups -OCH3 is 1. The standard InChI is InChI=1S/C19H18N2O5/c1-12(14-4-6-16-18(8-14)26-11-25-16)21-19(22)10-24-15-5-3-13(9-20)7-17(15)23-2/h3-8,12H,10-11H2,1-2H3,(H,21,22)/t12-/m1/s1. The molecule has 3 rings (SSSR count). The Bertz CT molecular complexity index is 859. The number of ether oxygens (including phenoxy) is 4. The van der Waals surface area contributed by atoms with Crippen LogP contribution in [0.1, 0.15) is 24.1 Å². The summed E-state index contributed by atoms with van der Waals surface area (Å²) in [5, 5.41) is 11.8. The second-order valence-corrected chi connectivity index (χ2v) is 5.67. The summed E-state index contributed by atoms with van der Waals surface area (Å²) >= 11 is 0. The van der Waals surface area contributed by atoms with Crippen LogP contribution in [0.15, 0.2) is 36.4 Å². The van der Waals surface area contributed by atoms with Gasteiger partial charge in [-0.2, -0.15) is 5.26 Å². The van der Waals surface area contributed by atoms with Gasteiger partial charge in [0.25, 0.3) is 5.91 Å². The molecule has 0 unspecified atom stereocenters. The fourth-order valence-electron chi connectivity index (χ4n) is 2.55. The highest BCUT2D eigenvalue weighted by Crippen LogP contribution is 2.34. The molecule has 1 atom stereocenters. The Kier molecular flexibility index (Phi) is 5.13. The van der Waals surface area contributed by atoms with E-state index in [9.17, 15) is 4.79 Å². The van der Waals surface area contributed by atoms with Crippen molar-refractivity contribution in [3.8, 4) is 29.1 Å². The maximum atomic E-state index is 12.2. The summed E-state index contributed by atoms with van der Waals surface area (Å²) in [7, 11) is 1.48. The fourth-order valence-corrected chi connectivity index (χ4v) is 2.55. The average molecular weight is 354 g/mol. The summed E-state index contributed by atoms with van der Waals surface area (Å²) < 4.78 is 21.3. The maximum Gasteiger partial charge on any atom is 0.258 e. The summed E-state index contributed by atoms with van der Waals surface area (Å²) in [6.07, 6.45) is 0. The highest BCUT2D eigenvalue weighted by atomic mass is 16.7. The van der Waals surface area contributed by atoms with Crippen molar-refractivity contribution in [2.45, 2.75) is 13.0 Å². The predicted molar refractivity (Wildman–Crippen MR) is 92.3 cm³/mol. The van der Waals surface area contributed by atoms with Gasteiger partial charge in [0.2, 0.25) is 6.79 Å². The third-order valence-electron chi connectivity index (χ3n) is 3.93. The molecule has 0 spiro atoms. The minimum Gasteiger partial charge on any atom is -0.493 e. The van der Waals surface area contributed by atoms with Crippen molar-refractivity contribution in [1.82, 2.24) is 5.32 Å². The van der Waals surface area contributed by atoms with E-state index in [1.54, 1.807) is 18.2 Å². The van der Waals surface area contributed by atoms with Crippen LogP contribution in [0, 0.1) is 11.3 Å². The van der Waals surface area contributed by atoms with Crippen LogP contribution < -0.4 is 24.3 Å². The monoisotopic (exact) mass is 354 g/mol. The summed E-state index contributed by atoms with van der Waals surface area (Å²) in [6, 6.07) is 12.1. The molecule has 26 heavy (non-hydrogen) atoms. The van der Waals surface area contributed by atoms with Gasteiger partial charge in [-0.15, -0.1) is 0 Å². The van der Waals surface area contributed by atoms with Crippen molar-refractivity contribution in [3.05, 3.63) is 47.5 Å². The number of rotatable bonds is 6. The Morgan fingerprint density at radius 1 is 1.23 bits per heavy atom. The molecular weight excluding hydrogens is 336 g/mol. The van der Waals surface area contributed by atoms with Crippen molar-refractivity contribution >= 4 is 5.91 Å². The van der Waals surface area contributed by atoms with Gasteiger partial charge in [-0.3, -0.25) is 4.79 Å². The Balaban J connectivity index is 1.58. The van der Waals surface area contributed by atoms with E-state index in [0.717, 1.165) is 5.56 Å². The van der Waals surface area contributed by atoms with Crippen LogP contribution in [0.25, 0.3) is 0 Å². The van der Waals surface area contributed by atoms with E-state index in [1.165, 1.54) is 7.11 Å². The lowest BCUT2D eigenvalue weighted by Gasteiger charge is -2.16. The van der Waals surface area contributed by atoms with Crippen LogP contribution in [0.2, 0.25) is 0 Å². The second-order valence-electron chi connectivity index (χ2n) is 5.67. The first-order valence-electron chi connectivity index (χ1n) is 8.00. The molecule has 1 amide bonds. The Hall–Kier alpha value is -3.40. The molecular formula is C19H18N2O5. The van der Waals surface area contributed by atoms with Gasteiger partial charge in [-0.25, -0.2) is 0 Å². The smallest absolute Gasteiger partial charge is 0.258 e. The number of nitrogens with one attached hydrogen (secondary N) is 1. The molecule has 0 bridgehead atoms. The second kappa shape index (κ2) is 7.66. The zero-order chi connectivity index (χ0) is 18.5. The molecule has 1 heterocycles. The van der Waals surface area contributed by atoms with Crippen molar-refractivity contribution in [1.29, 1.82) is 5.26 Å². The van der Waals surface area contributed by atoms with Crippen LogP contribution in [-0.4, -0.2) is 26.4 Å². The zero-order valence-electron chi connectivity index (χ0n) is 14.4. The molecule has 0 radical (unpaired) electrons. The van der Waals surface area contributed by atoms with Gasteiger partial charge < -0.3 is 24.3 Å². The minimum absolute atomic E-state index is 0.169. The highest BCUT2D eigenvalue weighted by molar-refractivity contribution is 5.78. The topological polar surface area (TPSA) is 89.8 Å². The van der Waals surface area contributed by atoms with Crippen molar-refractivity contribution in [2.24, 2.45) is 0 Å². The molecule has 134 valence electrons. The maximum absolute atomic E-state index is 12.2. The summed E-state index contributed by atoms with van der Waals surface area (Å²) in [4.78, 5) is 12.2. The van der Waals surface area contributed by atoms with E-state index in [2.05, 4.69) is 5.32 Å². The molecule has 2 aromatic rings. The molecule has 0 saturated heterocycles. The number of carbonyl (C=O) groups is 1.